The topological polar surface area (TPSA) is 56.8 Å². The lowest BCUT2D eigenvalue weighted by Crippen LogP contribution is -2.49. The van der Waals surface area contributed by atoms with Crippen LogP contribution in [0.15, 0.2) is 36.4 Å². The largest absolute Gasteiger partial charge is 0.496 e. The van der Waals surface area contributed by atoms with E-state index in [4.69, 9.17) is 14.2 Å². The van der Waals surface area contributed by atoms with Crippen molar-refractivity contribution in [1.29, 1.82) is 0 Å². The van der Waals surface area contributed by atoms with Crippen LogP contribution in [0.25, 0.3) is 11.6 Å². The molecule has 1 amide bonds. The monoisotopic (exact) mass is 503 g/mol. The molecule has 0 aliphatic heterocycles. The minimum Gasteiger partial charge on any atom is -0.496 e. The van der Waals surface area contributed by atoms with E-state index in [0.717, 1.165) is 46.0 Å². The minimum absolute atomic E-state index is 0.0440. The van der Waals surface area contributed by atoms with Crippen LogP contribution in [0, 0.1) is 17.8 Å². The number of rotatable bonds is 9. The maximum Gasteiger partial charge on any atom is 0.251 e. The van der Waals surface area contributed by atoms with Gasteiger partial charge in [0, 0.05) is 35.8 Å². The van der Waals surface area contributed by atoms with E-state index in [-0.39, 0.29) is 17.6 Å². The van der Waals surface area contributed by atoms with Crippen LogP contribution in [0.5, 0.6) is 11.5 Å². The molecule has 0 heterocycles. The van der Waals surface area contributed by atoms with Crippen molar-refractivity contribution in [2.45, 2.75) is 71.0 Å². The number of benzene rings is 2. The summed E-state index contributed by atoms with van der Waals surface area (Å²) in [5, 5.41) is 2.85. The van der Waals surface area contributed by atoms with Gasteiger partial charge in [-0.1, -0.05) is 18.2 Å². The van der Waals surface area contributed by atoms with Crippen LogP contribution >= 0.6 is 0 Å². The van der Waals surface area contributed by atoms with E-state index in [2.05, 4.69) is 30.4 Å². The molecular formula is C32H41NO4. The van der Waals surface area contributed by atoms with Crippen LogP contribution in [0.4, 0.5) is 0 Å². The fourth-order valence-electron chi connectivity index (χ4n) is 7.65. The standard InChI is InChI=1S/C32H41NO4/c1-6-33-31(34)26-9-7-22(8-10-26)13-20(2)27-11-12-28(37-21(3)35-4)29(30(27)36-5)32-17-23-14-24(18-32)16-25(15-23)19-32/h7-13,21,23-25H,6,14-19H2,1-5H3,(H,33,34). The van der Waals surface area contributed by atoms with Crippen molar-refractivity contribution in [3.05, 3.63) is 58.7 Å². The van der Waals surface area contributed by atoms with Crippen molar-refractivity contribution >= 4 is 17.6 Å². The summed E-state index contributed by atoms with van der Waals surface area (Å²) in [7, 11) is 3.48. The molecule has 4 saturated carbocycles. The predicted octanol–water partition coefficient (Wildman–Crippen LogP) is 6.84. The number of nitrogens with one attached hydrogen (secondary N) is 1. The van der Waals surface area contributed by atoms with Gasteiger partial charge in [0.15, 0.2) is 6.29 Å². The highest BCUT2D eigenvalue weighted by Gasteiger charge is 2.54. The van der Waals surface area contributed by atoms with Crippen molar-refractivity contribution in [1.82, 2.24) is 5.32 Å². The molecule has 4 fully saturated rings. The second-order valence-corrected chi connectivity index (χ2v) is 11.4. The molecule has 4 aliphatic carbocycles. The fraction of sp³-hybridized carbons (Fsp3) is 0.531. The smallest absolute Gasteiger partial charge is 0.251 e. The molecule has 4 bridgehead atoms. The number of carbonyl (C=O) groups excluding carboxylic acids is 1. The number of hydrogen-bond donors (Lipinski definition) is 1. The Bertz CT molecular complexity index is 1130. The van der Waals surface area contributed by atoms with E-state index in [1.54, 1.807) is 14.2 Å². The molecule has 5 nitrogen and oxygen atoms in total. The summed E-state index contributed by atoms with van der Waals surface area (Å²) >= 11 is 0. The molecule has 4 aliphatic rings. The number of methoxy groups -OCH3 is 2. The zero-order valence-electron chi connectivity index (χ0n) is 22.9. The quantitative estimate of drug-likeness (QED) is 0.300. The first-order valence-electron chi connectivity index (χ1n) is 13.8. The molecule has 0 saturated heterocycles. The van der Waals surface area contributed by atoms with Gasteiger partial charge < -0.3 is 19.5 Å². The molecule has 2 aromatic carbocycles. The Balaban J connectivity index is 1.55. The van der Waals surface area contributed by atoms with Crippen molar-refractivity contribution in [3.63, 3.8) is 0 Å². The van der Waals surface area contributed by atoms with E-state index in [0.29, 0.717) is 12.1 Å². The molecular weight excluding hydrogens is 462 g/mol. The molecule has 0 radical (unpaired) electrons. The molecule has 2 aromatic rings. The van der Waals surface area contributed by atoms with Gasteiger partial charge in [-0.15, -0.1) is 0 Å². The van der Waals surface area contributed by atoms with E-state index in [1.165, 1.54) is 44.1 Å². The van der Waals surface area contributed by atoms with E-state index in [9.17, 15) is 4.79 Å². The lowest BCUT2D eigenvalue weighted by Gasteiger charge is -2.57. The SMILES string of the molecule is CCNC(=O)c1ccc(C=C(C)c2ccc(OC(C)OC)c(C34CC5CC(CC(C5)C3)C4)c2OC)cc1. The Morgan fingerprint density at radius 1 is 1.03 bits per heavy atom. The fourth-order valence-corrected chi connectivity index (χ4v) is 7.65. The average Bonchev–Trinajstić information content (AvgIpc) is 2.87. The maximum atomic E-state index is 12.1. The van der Waals surface area contributed by atoms with E-state index in [1.807, 2.05) is 38.1 Å². The maximum absolute atomic E-state index is 12.1. The molecule has 1 atom stereocenters. The van der Waals surface area contributed by atoms with E-state index < -0.39 is 0 Å². The Hall–Kier alpha value is -2.79. The molecule has 0 aromatic heterocycles. The Morgan fingerprint density at radius 2 is 1.65 bits per heavy atom. The van der Waals surface area contributed by atoms with Crippen molar-refractivity contribution in [2.75, 3.05) is 20.8 Å². The average molecular weight is 504 g/mol. The van der Waals surface area contributed by atoms with Gasteiger partial charge in [0.2, 0.25) is 0 Å². The van der Waals surface area contributed by atoms with Gasteiger partial charge in [-0.25, -0.2) is 0 Å². The summed E-state index contributed by atoms with van der Waals surface area (Å²) in [5.41, 5.74) is 5.30. The second kappa shape index (κ2) is 10.5. The third kappa shape index (κ3) is 5.03. The van der Waals surface area contributed by atoms with Crippen LogP contribution in [0.3, 0.4) is 0 Å². The summed E-state index contributed by atoms with van der Waals surface area (Å²) in [4.78, 5) is 12.1. The minimum atomic E-state index is -0.330. The van der Waals surface area contributed by atoms with Gasteiger partial charge in [-0.05, 0) is 112 Å². The number of ether oxygens (including phenoxy) is 3. The predicted molar refractivity (Wildman–Crippen MR) is 148 cm³/mol. The summed E-state index contributed by atoms with van der Waals surface area (Å²) < 4.78 is 18.1. The van der Waals surface area contributed by atoms with Crippen LogP contribution in [0.2, 0.25) is 0 Å². The van der Waals surface area contributed by atoms with Gasteiger partial charge in [0.05, 0.1) is 7.11 Å². The number of carbonyl (C=O) groups is 1. The summed E-state index contributed by atoms with van der Waals surface area (Å²) in [5.74, 6) is 4.23. The van der Waals surface area contributed by atoms with Gasteiger partial charge in [-0.2, -0.15) is 0 Å². The van der Waals surface area contributed by atoms with Crippen LogP contribution in [-0.2, 0) is 10.2 Å². The van der Waals surface area contributed by atoms with Crippen molar-refractivity contribution < 1.29 is 19.0 Å². The molecule has 6 rings (SSSR count). The number of hydrogen-bond acceptors (Lipinski definition) is 4. The van der Waals surface area contributed by atoms with E-state index >= 15 is 0 Å². The normalized spacial score (nSPS) is 27.2. The second-order valence-electron chi connectivity index (χ2n) is 11.4. The highest BCUT2D eigenvalue weighted by Crippen LogP contribution is 2.63. The van der Waals surface area contributed by atoms with Crippen LogP contribution < -0.4 is 14.8 Å². The van der Waals surface area contributed by atoms with Crippen LogP contribution in [-0.4, -0.2) is 33.0 Å². The highest BCUT2D eigenvalue weighted by molar-refractivity contribution is 5.94. The summed E-state index contributed by atoms with van der Waals surface area (Å²) in [6.07, 6.45) is 9.66. The Kier molecular flexibility index (Phi) is 7.35. The first kappa shape index (κ1) is 25.8. The lowest BCUT2D eigenvalue weighted by molar-refractivity contribution is -0.0439. The van der Waals surface area contributed by atoms with Gasteiger partial charge >= 0.3 is 0 Å². The zero-order valence-corrected chi connectivity index (χ0v) is 22.9. The molecule has 37 heavy (non-hydrogen) atoms. The molecule has 0 spiro atoms. The lowest BCUT2D eigenvalue weighted by atomic mass is 9.47. The van der Waals surface area contributed by atoms with Gasteiger partial charge in [0.25, 0.3) is 5.91 Å². The first-order chi connectivity index (χ1) is 17.9. The Morgan fingerprint density at radius 3 is 2.19 bits per heavy atom. The van der Waals surface area contributed by atoms with Crippen molar-refractivity contribution in [3.8, 4) is 11.5 Å². The Labute approximate surface area is 221 Å². The summed E-state index contributed by atoms with van der Waals surface area (Å²) in [6.45, 7) is 6.63. The first-order valence-corrected chi connectivity index (χ1v) is 13.8. The van der Waals surface area contributed by atoms with Crippen LogP contribution in [0.1, 0.15) is 86.3 Å². The number of amides is 1. The third-order valence-corrected chi connectivity index (χ3v) is 8.84. The molecule has 5 heteroatoms. The highest BCUT2D eigenvalue weighted by atomic mass is 16.7. The third-order valence-electron chi connectivity index (χ3n) is 8.84. The molecule has 198 valence electrons. The number of allylic oxidation sites excluding steroid dienone is 1. The molecule has 1 unspecified atom stereocenters. The molecule has 1 N–H and O–H groups in total. The van der Waals surface area contributed by atoms with Crippen molar-refractivity contribution in [2.24, 2.45) is 17.8 Å². The van der Waals surface area contributed by atoms with Gasteiger partial charge in [-0.3, -0.25) is 4.79 Å². The zero-order chi connectivity index (χ0) is 26.2. The summed E-state index contributed by atoms with van der Waals surface area (Å²) in [6, 6.07) is 12.0. The van der Waals surface area contributed by atoms with Gasteiger partial charge in [0.1, 0.15) is 11.5 Å².